The molecule has 4 heteroatoms. The first-order valence-corrected chi connectivity index (χ1v) is 6.07. The van der Waals surface area contributed by atoms with Crippen LogP contribution in [0.3, 0.4) is 0 Å². The molecule has 0 rings (SSSR count). The van der Waals surface area contributed by atoms with Gasteiger partial charge >= 0.3 is 0 Å². The van der Waals surface area contributed by atoms with Crippen LogP contribution in [0.15, 0.2) is 0 Å². The van der Waals surface area contributed by atoms with Crippen LogP contribution in [0.2, 0.25) is 0 Å². The number of hydrogen-bond donors (Lipinski definition) is 2. The fourth-order valence-electron chi connectivity index (χ4n) is 1.49. The first kappa shape index (κ1) is 15.8. The first-order valence-electron chi connectivity index (χ1n) is 6.07. The van der Waals surface area contributed by atoms with Crippen molar-refractivity contribution in [2.45, 2.75) is 45.3 Å². The molecule has 0 saturated heterocycles. The molecule has 98 valence electrons. The van der Waals surface area contributed by atoms with E-state index in [-0.39, 0.29) is 18.2 Å². The Bertz CT molecular complexity index is 160. The van der Waals surface area contributed by atoms with Crippen molar-refractivity contribution >= 4 is 0 Å². The molecule has 0 aromatic heterocycles. The smallest absolute Gasteiger partial charge is 0.0704 e. The molecule has 0 heterocycles. The largest absolute Gasteiger partial charge is 0.394 e. The standard InChI is InChI=1S/C12H27NO3/c1-5-6-15-7-8-16-11(2)9-12(3,10-14)13-4/h11,13-14H,5-10H2,1-4H3. The number of ether oxygens (including phenoxy) is 2. The summed E-state index contributed by atoms with van der Waals surface area (Å²) in [4.78, 5) is 0. The molecule has 0 aliphatic heterocycles. The van der Waals surface area contributed by atoms with Gasteiger partial charge in [-0.15, -0.1) is 0 Å². The summed E-state index contributed by atoms with van der Waals surface area (Å²) in [5.41, 5.74) is -0.260. The maximum absolute atomic E-state index is 9.23. The van der Waals surface area contributed by atoms with Gasteiger partial charge in [0, 0.05) is 12.1 Å². The summed E-state index contributed by atoms with van der Waals surface area (Å²) >= 11 is 0. The molecule has 0 saturated carbocycles. The number of nitrogens with one attached hydrogen (secondary N) is 1. The quantitative estimate of drug-likeness (QED) is 0.556. The van der Waals surface area contributed by atoms with Gasteiger partial charge in [0.15, 0.2) is 0 Å². The summed E-state index contributed by atoms with van der Waals surface area (Å²) in [5.74, 6) is 0. The minimum Gasteiger partial charge on any atom is -0.394 e. The monoisotopic (exact) mass is 233 g/mol. The third kappa shape index (κ3) is 7.17. The molecule has 0 aliphatic carbocycles. The zero-order valence-corrected chi connectivity index (χ0v) is 11.1. The fraction of sp³-hybridized carbons (Fsp3) is 1.00. The van der Waals surface area contributed by atoms with Gasteiger partial charge < -0.3 is 19.9 Å². The molecule has 0 fully saturated rings. The molecular weight excluding hydrogens is 206 g/mol. The molecule has 0 aliphatic rings. The summed E-state index contributed by atoms with van der Waals surface area (Å²) in [5, 5.41) is 12.3. The van der Waals surface area contributed by atoms with Crippen LogP contribution in [-0.2, 0) is 9.47 Å². The highest BCUT2D eigenvalue weighted by Gasteiger charge is 2.23. The highest BCUT2D eigenvalue weighted by Crippen LogP contribution is 2.13. The minimum absolute atomic E-state index is 0.115. The minimum atomic E-state index is -0.260. The summed E-state index contributed by atoms with van der Waals surface area (Å²) in [7, 11) is 1.85. The summed E-state index contributed by atoms with van der Waals surface area (Å²) in [6.45, 7) is 8.26. The lowest BCUT2D eigenvalue weighted by molar-refractivity contribution is -0.00596. The summed E-state index contributed by atoms with van der Waals surface area (Å²) in [6, 6.07) is 0. The predicted molar refractivity (Wildman–Crippen MR) is 65.7 cm³/mol. The van der Waals surface area contributed by atoms with E-state index in [1.165, 1.54) is 0 Å². The van der Waals surface area contributed by atoms with Gasteiger partial charge in [0.05, 0.1) is 25.9 Å². The average Bonchev–Trinajstić information content (AvgIpc) is 2.28. The Morgan fingerprint density at radius 3 is 2.50 bits per heavy atom. The van der Waals surface area contributed by atoms with Gasteiger partial charge in [-0.2, -0.15) is 0 Å². The summed E-state index contributed by atoms with van der Waals surface area (Å²) in [6.07, 6.45) is 1.95. The fourth-order valence-corrected chi connectivity index (χ4v) is 1.49. The van der Waals surface area contributed by atoms with E-state index in [0.29, 0.717) is 13.2 Å². The van der Waals surface area contributed by atoms with Crippen LogP contribution in [0, 0.1) is 0 Å². The Labute approximate surface area is 99.3 Å². The SMILES string of the molecule is CCCOCCOC(C)CC(C)(CO)NC. The van der Waals surface area contributed by atoms with E-state index in [4.69, 9.17) is 9.47 Å². The average molecular weight is 233 g/mol. The van der Waals surface area contributed by atoms with Crippen LogP contribution in [0.25, 0.3) is 0 Å². The Morgan fingerprint density at radius 2 is 2.00 bits per heavy atom. The first-order chi connectivity index (χ1) is 7.58. The van der Waals surface area contributed by atoms with Crippen molar-refractivity contribution in [3.8, 4) is 0 Å². The van der Waals surface area contributed by atoms with Gasteiger partial charge in [-0.1, -0.05) is 6.92 Å². The molecule has 0 amide bonds. The Kier molecular flexibility index (Phi) is 8.84. The van der Waals surface area contributed by atoms with Crippen molar-refractivity contribution in [1.29, 1.82) is 0 Å². The van der Waals surface area contributed by atoms with Gasteiger partial charge in [0.2, 0.25) is 0 Å². The third-order valence-corrected chi connectivity index (χ3v) is 2.67. The lowest BCUT2D eigenvalue weighted by Crippen LogP contribution is -2.46. The molecule has 4 nitrogen and oxygen atoms in total. The molecule has 0 aromatic carbocycles. The van der Waals surface area contributed by atoms with Crippen molar-refractivity contribution in [3.63, 3.8) is 0 Å². The number of aliphatic hydroxyl groups excluding tert-OH is 1. The van der Waals surface area contributed by atoms with E-state index in [1.54, 1.807) is 0 Å². The van der Waals surface area contributed by atoms with E-state index in [1.807, 2.05) is 20.9 Å². The van der Waals surface area contributed by atoms with E-state index in [2.05, 4.69) is 12.2 Å². The van der Waals surface area contributed by atoms with Gasteiger partial charge in [0.25, 0.3) is 0 Å². The molecule has 0 spiro atoms. The van der Waals surface area contributed by atoms with Crippen molar-refractivity contribution in [1.82, 2.24) is 5.32 Å². The zero-order valence-electron chi connectivity index (χ0n) is 11.1. The maximum Gasteiger partial charge on any atom is 0.0704 e. The van der Waals surface area contributed by atoms with Crippen molar-refractivity contribution in [2.24, 2.45) is 0 Å². The van der Waals surface area contributed by atoms with Crippen LogP contribution < -0.4 is 5.32 Å². The number of rotatable bonds is 10. The Morgan fingerprint density at radius 1 is 1.31 bits per heavy atom. The molecule has 0 aromatic rings. The van der Waals surface area contributed by atoms with E-state index >= 15 is 0 Å². The second-order valence-corrected chi connectivity index (χ2v) is 4.47. The second-order valence-electron chi connectivity index (χ2n) is 4.47. The number of hydrogen-bond acceptors (Lipinski definition) is 4. The van der Waals surface area contributed by atoms with Gasteiger partial charge in [-0.3, -0.25) is 0 Å². The van der Waals surface area contributed by atoms with Crippen LogP contribution in [-0.4, -0.2) is 50.2 Å². The maximum atomic E-state index is 9.23. The molecule has 16 heavy (non-hydrogen) atoms. The van der Waals surface area contributed by atoms with Gasteiger partial charge in [-0.25, -0.2) is 0 Å². The van der Waals surface area contributed by atoms with Crippen molar-refractivity contribution < 1.29 is 14.6 Å². The molecule has 0 bridgehead atoms. The van der Waals surface area contributed by atoms with E-state index < -0.39 is 0 Å². The zero-order chi connectivity index (χ0) is 12.4. The molecule has 2 unspecified atom stereocenters. The Hall–Kier alpha value is -0.160. The normalized spacial score (nSPS) is 17.1. The van der Waals surface area contributed by atoms with E-state index in [9.17, 15) is 5.11 Å². The van der Waals surface area contributed by atoms with Crippen LogP contribution >= 0.6 is 0 Å². The topological polar surface area (TPSA) is 50.7 Å². The molecule has 0 radical (unpaired) electrons. The van der Waals surface area contributed by atoms with Crippen LogP contribution in [0.5, 0.6) is 0 Å². The van der Waals surface area contributed by atoms with Crippen LogP contribution in [0.4, 0.5) is 0 Å². The van der Waals surface area contributed by atoms with E-state index in [0.717, 1.165) is 19.4 Å². The lowest BCUT2D eigenvalue weighted by atomic mass is 9.96. The van der Waals surface area contributed by atoms with Crippen molar-refractivity contribution in [3.05, 3.63) is 0 Å². The molecule has 2 atom stereocenters. The van der Waals surface area contributed by atoms with Crippen LogP contribution in [0.1, 0.15) is 33.6 Å². The predicted octanol–water partition coefficient (Wildman–Crippen LogP) is 1.18. The highest BCUT2D eigenvalue weighted by molar-refractivity contribution is 4.82. The molecule has 2 N–H and O–H groups in total. The molecular formula is C12H27NO3. The lowest BCUT2D eigenvalue weighted by Gasteiger charge is -2.29. The summed E-state index contributed by atoms with van der Waals surface area (Å²) < 4.78 is 10.9. The number of aliphatic hydroxyl groups is 1. The van der Waals surface area contributed by atoms with Crippen molar-refractivity contribution in [2.75, 3.05) is 33.5 Å². The highest BCUT2D eigenvalue weighted by atomic mass is 16.5. The Balaban J connectivity index is 3.61. The second kappa shape index (κ2) is 8.93. The third-order valence-electron chi connectivity index (χ3n) is 2.67. The van der Waals surface area contributed by atoms with Gasteiger partial charge in [-0.05, 0) is 33.7 Å². The number of likely N-dealkylation sites (N-methyl/N-ethyl adjacent to an activating group) is 1. The van der Waals surface area contributed by atoms with Gasteiger partial charge in [0.1, 0.15) is 0 Å².